The average molecular weight is 471 g/mol. The Labute approximate surface area is 204 Å². The summed E-state index contributed by atoms with van der Waals surface area (Å²) < 4.78 is 2.11. The number of fused-ring (bicyclic) bond motifs is 1. The van der Waals surface area contributed by atoms with E-state index in [-0.39, 0.29) is 0 Å². The van der Waals surface area contributed by atoms with Gasteiger partial charge >= 0.3 is 0 Å². The van der Waals surface area contributed by atoms with Crippen LogP contribution in [0, 0.1) is 0 Å². The summed E-state index contributed by atoms with van der Waals surface area (Å²) in [5, 5.41) is 9.89. The molecule has 3 aromatic heterocycles. The van der Waals surface area contributed by atoms with Gasteiger partial charge in [-0.2, -0.15) is 0 Å². The van der Waals surface area contributed by atoms with Gasteiger partial charge in [0.2, 0.25) is 0 Å². The quantitative estimate of drug-likeness (QED) is 0.330. The molecule has 1 aliphatic heterocycles. The van der Waals surface area contributed by atoms with Crippen molar-refractivity contribution in [3.63, 3.8) is 0 Å². The lowest BCUT2D eigenvalue weighted by Gasteiger charge is -2.45. The highest BCUT2D eigenvalue weighted by atomic mass is 16.5. The molecule has 0 bridgehead atoms. The summed E-state index contributed by atoms with van der Waals surface area (Å²) in [5.41, 5.74) is 6.45. The number of rotatable bonds is 6. The van der Waals surface area contributed by atoms with Crippen molar-refractivity contribution in [3.05, 3.63) is 90.0 Å². The Morgan fingerprint density at radius 2 is 1.80 bits per heavy atom. The molecule has 0 saturated carbocycles. The van der Waals surface area contributed by atoms with E-state index in [0.29, 0.717) is 24.2 Å². The Kier molecular flexibility index (Phi) is 6.48. The van der Waals surface area contributed by atoms with Gasteiger partial charge in [0.25, 0.3) is 5.91 Å². The number of pyridine rings is 2. The topological polar surface area (TPSA) is 86.5 Å². The molecule has 0 aliphatic carbocycles. The van der Waals surface area contributed by atoms with Crippen LogP contribution in [0.3, 0.4) is 0 Å². The zero-order valence-electron chi connectivity index (χ0n) is 20.0. The predicted molar refractivity (Wildman–Crippen MR) is 135 cm³/mol. The van der Waals surface area contributed by atoms with E-state index in [1.54, 1.807) is 17.6 Å². The largest absolute Gasteiger partial charge is 0.367 e. The molecule has 1 aliphatic rings. The molecule has 8 nitrogen and oxygen atoms in total. The highest BCUT2D eigenvalue weighted by Crippen LogP contribution is 2.27. The van der Waals surface area contributed by atoms with Crippen molar-refractivity contribution < 1.29 is 10.0 Å². The minimum Gasteiger partial charge on any atom is -0.367 e. The van der Waals surface area contributed by atoms with E-state index < -0.39 is 5.91 Å². The summed E-state index contributed by atoms with van der Waals surface area (Å²) in [5.74, 6) is -0.515. The number of hydrogen-bond donors (Lipinski definition) is 2. The fourth-order valence-electron chi connectivity index (χ4n) is 4.97. The van der Waals surface area contributed by atoms with Crippen LogP contribution in [-0.2, 0) is 13.1 Å². The third-order valence-electron chi connectivity index (χ3n) is 6.81. The maximum atomic E-state index is 11.5. The highest BCUT2D eigenvalue weighted by Gasteiger charge is 2.30. The highest BCUT2D eigenvalue weighted by molar-refractivity contribution is 5.93. The third-order valence-corrected chi connectivity index (χ3v) is 6.81. The Bertz CT molecular complexity index is 1290. The molecule has 5 rings (SSSR count). The van der Waals surface area contributed by atoms with Crippen molar-refractivity contribution in [1.82, 2.24) is 24.9 Å². The predicted octanol–water partition coefficient (Wildman–Crippen LogP) is 3.70. The van der Waals surface area contributed by atoms with Crippen LogP contribution in [0.4, 0.5) is 5.69 Å². The summed E-state index contributed by atoms with van der Waals surface area (Å²) in [7, 11) is 0. The number of carbonyl (C=O) groups is 1. The number of carbonyl (C=O) groups excluding carboxylic acids is 1. The second kappa shape index (κ2) is 9.85. The first-order chi connectivity index (χ1) is 17.0. The van der Waals surface area contributed by atoms with Crippen molar-refractivity contribution in [1.29, 1.82) is 0 Å². The van der Waals surface area contributed by atoms with Gasteiger partial charge < -0.3 is 9.47 Å². The van der Waals surface area contributed by atoms with Crippen LogP contribution in [0.15, 0.2) is 73.3 Å². The van der Waals surface area contributed by atoms with E-state index in [1.807, 2.05) is 43.0 Å². The Hall–Kier alpha value is -3.75. The molecule has 1 amide bonds. The summed E-state index contributed by atoms with van der Waals surface area (Å²) in [6.07, 6.45) is 7.80. The van der Waals surface area contributed by atoms with Gasteiger partial charge in [-0.05, 0) is 55.3 Å². The van der Waals surface area contributed by atoms with E-state index in [0.717, 1.165) is 41.9 Å². The van der Waals surface area contributed by atoms with Gasteiger partial charge in [0.05, 0.1) is 11.9 Å². The monoisotopic (exact) mass is 470 g/mol. The molecule has 1 aromatic carbocycles. The van der Waals surface area contributed by atoms with Crippen LogP contribution in [-0.4, -0.2) is 55.7 Å². The molecule has 2 N–H and O–H groups in total. The van der Waals surface area contributed by atoms with Crippen LogP contribution in [0.2, 0.25) is 0 Å². The molecule has 2 unspecified atom stereocenters. The lowest BCUT2D eigenvalue weighted by Crippen LogP contribution is -2.56. The third kappa shape index (κ3) is 4.89. The first-order valence-electron chi connectivity index (χ1n) is 11.9. The maximum Gasteiger partial charge on any atom is 0.274 e. The van der Waals surface area contributed by atoms with Crippen molar-refractivity contribution in [2.75, 3.05) is 18.0 Å². The summed E-state index contributed by atoms with van der Waals surface area (Å²) >= 11 is 0. The van der Waals surface area contributed by atoms with Gasteiger partial charge in [-0.15, -0.1) is 0 Å². The molecule has 4 aromatic rings. The SMILES string of the molecule is CC1CN(c2cnc3c(ccn3Cc3ccc(C(=O)NO)cc3)c2)CC(C)N1Cc1cccnc1. The summed E-state index contributed by atoms with van der Waals surface area (Å²) in [4.78, 5) is 25.6. The molecular formula is C27H30N6O2. The molecule has 1 fully saturated rings. The van der Waals surface area contributed by atoms with E-state index in [4.69, 9.17) is 10.2 Å². The van der Waals surface area contributed by atoms with Gasteiger partial charge in [0.15, 0.2) is 0 Å². The van der Waals surface area contributed by atoms with Crippen LogP contribution in [0.1, 0.15) is 35.3 Å². The van der Waals surface area contributed by atoms with Gasteiger partial charge in [0.1, 0.15) is 5.65 Å². The fourth-order valence-corrected chi connectivity index (χ4v) is 4.97. The van der Waals surface area contributed by atoms with Gasteiger partial charge in [-0.3, -0.25) is 19.9 Å². The van der Waals surface area contributed by atoms with Gasteiger partial charge in [-0.1, -0.05) is 18.2 Å². The molecule has 1 saturated heterocycles. The van der Waals surface area contributed by atoms with Crippen molar-refractivity contribution in [3.8, 4) is 0 Å². The minimum absolute atomic E-state index is 0.412. The second-order valence-corrected chi connectivity index (χ2v) is 9.32. The molecule has 4 heterocycles. The van der Waals surface area contributed by atoms with Crippen LogP contribution >= 0.6 is 0 Å². The Morgan fingerprint density at radius 1 is 1.03 bits per heavy atom. The average Bonchev–Trinajstić information content (AvgIpc) is 3.28. The first-order valence-corrected chi connectivity index (χ1v) is 11.9. The number of benzene rings is 1. The van der Waals surface area contributed by atoms with Crippen molar-refractivity contribution in [2.24, 2.45) is 0 Å². The second-order valence-electron chi connectivity index (χ2n) is 9.32. The lowest BCUT2D eigenvalue weighted by atomic mass is 10.1. The maximum absolute atomic E-state index is 11.5. The number of nitrogens with zero attached hydrogens (tertiary/aromatic N) is 5. The van der Waals surface area contributed by atoms with Gasteiger partial charge in [-0.25, -0.2) is 10.5 Å². The standard InChI is InChI=1S/C27H30N6O2/c1-19-15-32(16-20(2)33(19)18-22-4-3-10-28-13-22)25-12-24-9-11-31(26(24)29-14-25)17-21-5-7-23(8-6-21)27(34)30-35/h3-14,19-20,35H,15-18H2,1-2H3,(H,30,34). The van der Waals surface area contributed by atoms with E-state index >= 15 is 0 Å². The summed E-state index contributed by atoms with van der Waals surface area (Å²) in [6.45, 7) is 8.04. The van der Waals surface area contributed by atoms with Crippen molar-refractivity contribution >= 4 is 22.6 Å². The smallest absolute Gasteiger partial charge is 0.274 e. The Balaban J connectivity index is 1.29. The van der Waals surface area contributed by atoms with Crippen molar-refractivity contribution in [2.45, 2.75) is 39.0 Å². The van der Waals surface area contributed by atoms with Gasteiger partial charge in [0, 0.05) is 67.8 Å². The molecule has 8 heteroatoms. The molecular weight excluding hydrogens is 440 g/mol. The lowest BCUT2D eigenvalue weighted by molar-refractivity contribution is 0.0706. The first kappa shape index (κ1) is 23.0. The zero-order valence-corrected chi connectivity index (χ0v) is 20.0. The summed E-state index contributed by atoms with van der Waals surface area (Å²) in [6, 6.07) is 16.5. The number of nitrogens with one attached hydrogen (secondary N) is 1. The Morgan fingerprint density at radius 3 is 2.49 bits per heavy atom. The number of aromatic nitrogens is 3. The van der Waals surface area contributed by atoms with Crippen LogP contribution in [0.5, 0.6) is 0 Å². The molecule has 0 spiro atoms. The molecule has 35 heavy (non-hydrogen) atoms. The minimum atomic E-state index is -0.515. The number of hydrogen-bond acceptors (Lipinski definition) is 6. The number of anilines is 1. The number of hydroxylamine groups is 1. The zero-order chi connectivity index (χ0) is 24.4. The van der Waals surface area contributed by atoms with Crippen LogP contribution in [0.25, 0.3) is 11.0 Å². The molecule has 0 radical (unpaired) electrons. The number of amides is 1. The van der Waals surface area contributed by atoms with E-state index in [1.165, 1.54) is 5.56 Å². The normalized spacial score (nSPS) is 18.7. The van der Waals surface area contributed by atoms with E-state index in [2.05, 4.69) is 51.4 Å². The van der Waals surface area contributed by atoms with E-state index in [9.17, 15) is 4.79 Å². The fraction of sp³-hybridized carbons (Fsp3) is 0.296. The van der Waals surface area contributed by atoms with Crippen LogP contribution < -0.4 is 10.4 Å². The number of piperazine rings is 1. The molecule has 180 valence electrons. The molecule has 2 atom stereocenters.